The molecule has 0 aliphatic rings. The first-order valence-corrected chi connectivity index (χ1v) is 2.54. The first kappa shape index (κ1) is 7.40. The lowest BCUT2D eigenvalue weighted by atomic mass is 10.2. The van der Waals surface area contributed by atoms with Crippen molar-refractivity contribution in [2.24, 2.45) is 5.16 Å². The number of oxime groups is 1. The van der Waals surface area contributed by atoms with E-state index in [-0.39, 0.29) is 6.67 Å². The van der Waals surface area contributed by atoms with Crippen molar-refractivity contribution in [2.75, 3.05) is 6.67 Å². The fourth-order valence-corrected chi connectivity index (χ4v) is 0.373. The summed E-state index contributed by atoms with van der Waals surface area (Å²) in [5, 5.41) is 10.9. The largest absolute Gasteiger partial charge is 0.411 e. The Balaban J connectivity index is 3.12. The number of alkyl halides is 1. The Hall–Kier alpha value is -0.600. The van der Waals surface area contributed by atoms with E-state index < -0.39 is 0 Å². The van der Waals surface area contributed by atoms with Crippen molar-refractivity contribution in [1.82, 2.24) is 0 Å². The Morgan fingerprint density at radius 3 is 2.75 bits per heavy atom. The smallest absolute Gasteiger partial charge is 0.0898 e. The minimum Gasteiger partial charge on any atom is -0.411 e. The second-order valence-corrected chi connectivity index (χ2v) is 1.63. The first-order valence-electron chi connectivity index (χ1n) is 2.54. The van der Waals surface area contributed by atoms with Gasteiger partial charge in [0.1, 0.15) is 0 Å². The number of rotatable bonds is 3. The summed E-state index contributed by atoms with van der Waals surface area (Å²) in [5.41, 5.74) is 0.586. The zero-order valence-electron chi connectivity index (χ0n) is 4.89. The first-order chi connectivity index (χ1) is 3.81. The molecule has 0 amide bonds. The fraction of sp³-hybridized carbons (Fsp3) is 0.800. The molecule has 0 rings (SSSR count). The van der Waals surface area contributed by atoms with Gasteiger partial charge in [-0.2, -0.15) is 0 Å². The molecule has 8 heavy (non-hydrogen) atoms. The standard InChI is InChI=1S/C5H10FNO/c1-5(7-8)3-2-4-6/h8H,2-4H2,1H3/b7-5-. The molecule has 3 heteroatoms. The van der Waals surface area contributed by atoms with Gasteiger partial charge in [0.25, 0.3) is 0 Å². The van der Waals surface area contributed by atoms with Gasteiger partial charge in [-0.15, -0.1) is 0 Å². The highest BCUT2D eigenvalue weighted by atomic mass is 19.1. The van der Waals surface area contributed by atoms with Crippen LogP contribution in [0.1, 0.15) is 19.8 Å². The molecule has 0 atom stereocenters. The van der Waals surface area contributed by atoms with Gasteiger partial charge in [-0.3, -0.25) is 4.39 Å². The Kier molecular flexibility index (Phi) is 4.21. The zero-order valence-corrected chi connectivity index (χ0v) is 4.89. The van der Waals surface area contributed by atoms with Gasteiger partial charge in [-0.25, -0.2) is 0 Å². The average molecular weight is 119 g/mol. The molecule has 0 aliphatic heterocycles. The van der Waals surface area contributed by atoms with Crippen molar-refractivity contribution in [1.29, 1.82) is 0 Å². The van der Waals surface area contributed by atoms with Gasteiger partial charge in [0.05, 0.1) is 12.4 Å². The van der Waals surface area contributed by atoms with Crippen molar-refractivity contribution in [3.05, 3.63) is 0 Å². The van der Waals surface area contributed by atoms with Crippen molar-refractivity contribution >= 4 is 5.71 Å². The molecule has 0 heterocycles. The average Bonchev–Trinajstić information content (AvgIpc) is 1.83. The van der Waals surface area contributed by atoms with E-state index in [9.17, 15) is 4.39 Å². The van der Waals surface area contributed by atoms with Gasteiger partial charge in [0.2, 0.25) is 0 Å². The van der Waals surface area contributed by atoms with Crippen LogP contribution in [-0.2, 0) is 0 Å². The molecule has 0 unspecified atom stereocenters. The summed E-state index contributed by atoms with van der Waals surface area (Å²) >= 11 is 0. The molecule has 0 aromatic rings. The van der Waals surface area contributed by atoms with Crippen LogP contribution in [0.15, 0.2) is 5.16 Å². The molecule has 0 aromatic heterocycles. The minimum atomic E-state index is -0.340. The molecule has 0 saturated heterocycles. The predicted molar refractivity (Wildman–Crippen MR) is 30.1 cm³/mol. The molecule has 0 radical (unpaired) electrons. The molecule has 2 nitrogen and oxygen atoms in total. The van der Waals surface area contributed by atoms with Crippen LogP contribution in [0.3, 0.4) is 0 Å². The van der Waals surface area contributed by atoms with Gasteiger partial charge in [0.15, 0.2) is 0 Å². The minimum absolute atomic E-state index is 0.340. The van der Waals surface area contributed by atoms with Crippen LogP contribution in [0, 0.1) is 0 Å². The monoisotopic (exact) mass is 119 g/mol. The molecular formula is C5H10FNO. The van der Waals surface area contributed by atoms with E-state index >= 15 is 0 Å². The molecule has 0 bridgehead atoms. The topological polar surface area (TPSA) is 32.6 Å². The van der Waals surface area contributed by atoms with Gasteiger partial charge in [-0.05, 0) is 19.8 Å². The fourth-order valence-electron chi connectivity index (χ4n) is 0.373. The van der Waals surface area contributed by atoms with Crippen LogP contribution in [0.4, 0.5) is 4.39 Å². The highest BCUT2D eigenvalue weighted by Gasteiger charge is 1.89. The molecule has 0 spiro atoms. The molecule has 0 saturated carbocycles. The van der Waals surface area contributed by atoms with Gasteiger partial charge < -0.3 is 5.21 Å². The van der Waals surface area contributed by atoms with E-state index in [4.69, 9.17) is 5.21 Å². The third-order valence-electron chi connectivity index (χ3n) is 0.843. The van der Waals surface area contributed by atoms with E-state index in [1.54, 1.807) is 6.92 Å². The van der Waals surface area contributed by atoms with Crippen LogP contribution in [0.25, 0.3) is 0 Å². The summed E-state index contributed by atoms with van der Waals surface area (Å²) < 4.78 is 11.4. The quantitative estimate of drug-likeness (QED) is 0.341. The Bertz CT molecular complexity index is 82.5. The highest BCUT2D eigenvalue weighted by molar-refractivity contribution is 5.81. The van der Waals surface area contributed by atoms with Gasteiger partial charge in [0, 0.05) is 0 Å². The lowest BCUT2D eigenvalue weighted by Gasteiger charge is -1.90. The summed E-state index contributed by atoms with van der Waals surface area (Å²) in [7, 11) is 0. The highest BCUT2D eigenvalue weighted by Crippen LogP contribution is 1.91. The molecular weight excluding hydrogens is 109 g/mol. The molecule has 0 aromatic carbocycles. The SMILES string of the molecule is C/C(CCCF)=N/O. The molecule has 0 aliphatic carbocycles. The second-order valence-electron chi connectivity index (χ2n) is 1.63. The van der Waals surface area contributed by atoms with Crippen LogP contribution < -0.4 is 0 Å². The zero-order chi connectivity index (χ0) is 6.41. The van der Waals surface area contributed by atoms with Gasteiger partial charge >= 0.3 is 0 Å². The van der Waals surface area contributed by atoms with Crippen molar-refractivity contribution < 1.29 is 9.60 Å². The third-order valence-corrected chi connectivity index (χ3v) is 0.843. The molecule has 1 N–H and O–H groups in total. The summed E-state index contributed by atoms with van der Waals surface area (Å²) in [5.74, 6) is 0. The lowest BCUT2D eigenvalue weighted by molar-refractivity contribution is 0.316. The maximum atomic E-state index is 11.4. The predicted octanol–water partition coefficient (Wildman–Crippen LogP) is 1.59. The van der Waals surface area contributed by atoms with Crippen LogP contribution in [0.2, 0.25) is 0 Å². The van der Waals surface area contributed by atoms with Crippen LogP contribution in [0.5, 0.6) is 0 Å². The molecule has 0 fully saturated rings. The third kappa shape index (κ3) is 3.59. The number of nitrogens with zero attached hydrogens (tertiary/aromatic N) is 1. The van der Waals surface area contributed by atoms with Crippen molar-refractivity contribution in [3.8, 4) is 0 Å². The Labute approximate surface area is 48.0 Å². The van der Waals surface area contributed by atoms with E-state index in [2.05, 4.69) is 5.16 Å². The number of halogens is 1. The van der Waals surface area contributed by atoms with E-state index in [0.717, 1.165) is 0 Å². The Morgan fingerprint density at radius 2 is 2.38 bits per heavy atom. The van der Waals surface area contributed by atoms with Crippen LogP contribution >= 0.6 is 0 Å². The van der Waals surface area contributed by atoms with Crippen molar-refractivity contribution in [3.63, 3.8) is 0 Å². The maximum absolute atomic E-state index is 11.4. The lowest BCUT2D eigenvalue weighted by Crippen LogP contribution is -1.90. The normalized spacial score (nSPS) is 12.0. The van der Waals surface area contributed by atoms with Crippen LogP contribution in [-0.4, -0.2) is 17.6 Å². The summed E-state index contributed by atoms with van der Waals surface area (Å²) in [6.07, 6.45) is 1.00. The van der Waals surface area contributed by atoms with Gasteiger partial charge in [-0.1, -0.05) is 5.16 Å². The number of hydrogen-bond donors (Lipinski definition) is 1. The Morgan fingerprint density at radius 1 is 1.75 bits per heavy atom. The summed E-state index contributed by atoms with van der Waals surface area (Å²) in [6, 6.07) is 0. The summed E-state index contributed by atoms with van der Waals surface area (Å²) in [4.78, 5) is 0. The second kappa shape index (κ2) is 4.56. The van der Waals surface area contributed by atoms with Crippen molar-refractivity contribution in [2.45, 2.75) is 19.8 Å². The molecule has 48 valence electrons. The maximum Gasteiger partial charge on any atom is 0.0898 e. The van der Waals surface area contributed by atoms with E-state index in [1.165, 1.54) is 0 Å². The summed E-state index contributed by atoms with van der Waals surface area (Å²) in [6.45, 7) is 1.32. The number of hydrogen-bond acceptors (Lipinski definition) is 2. The van der Waals surface area contributed by atoms with E-state index in [1.807, 2.05) is 0 Å². The van der Waals surface area contributed by atoms with E-state index in [0.29, 0.717) is 18.6 Å².